The predicted molar refractivity (Wildman–Crippen MR) is 95.8 cm³/mol. The molecule has 2 aromatic carbocycles. The molecule has 140 valence electrons. The van der Waals surface area contributed by atoms with Crippen molar-refractivity contribution in [2.75, 3.05) is 6.26 Å². The number of hydrogen-bond donors (Lipinski definition) is 1. The summed E-state index contributed by atoms with van der Waals surface area (Å²) in [4.78, 5) is 12.3. The minimum atomic E-state index is -4.61. The Morgan fingerprint density at radius 1 is 1.07 bits per heavy atom. The van der Waals surface area contributed by atoms with E-state index in [4.69, 9.17) is 0 Å². The van der Waals surface area contributed by atoms with Crippen molar-refractivity contribution in [1.82, 2.24) is 20.1 Å². The molecule has 1 N–H and O–H groups in total. The van der Waals surface area contributed by atoms with Gasteiger partial charge in [0.25, 0.3) is 5.91 Å². The van der Waals surface area contributed by atoms with E-state index in [-0.39, 0.29) is 6.54 Å². The lowest BCUT2D eigenvalue weighted by molar-refractivity contribution is -0.137. The molecule has 5 nitrogen and oxygen atoms in total. The topological polar surface area (TPSA) is 59.8 Å². The molecule has 0 atom stereocenters. The summed E-state index contributed by atoms with van der Waals surface area (Å²) in [6, 6.07) is 13.9. The van der Waals surface area contributed by atoms with E-state index < -0.39 is 23.2 Å². The fourth-order valence-electron chi connectivity index (χ4n) is 2.57. The number of carbonyl (C=O) groups is 1. The summed E-state index contributed by atoms with van der Waals surface area (Å²) in [7, 11) is 0. The molecule has 0 radical (unpaired) electrons. The summed E-state index contributed by atoms with van der Waals surface area (Å²) in [5, 5.41) is 11.2. The normalized spacial score (nSPS) is 11.4. The third-order valence-corrected chi connectivity index (χ3v) is 4.41. The van der Waals surface area contributed by atoms with Crippen molar-refractivity contribution in [2.45, 2.75) is 17.9 Å². The van der Waals surface area contributed by atoms with Crippen LogP contribution in [-0.2, 0) is 12.7 Å². The zero-order valence-corrected chi connectivity index (χ0v) is 15.0. The van der Waals surface area contributed by atoms with Gasteiger partial charge in [-0.3, -0.25) is 9.36 Å². The first-order chi connectivity index (χ1) is 12.9. The molecule has 9 heteroatoms. The van der Waals surface area contributed by atoms with Gasteiger partial charge in [-0.15, -0.1) is 10.2 Å². The molecular weight excluding hydrogens is 377 g/mol. The van der Waals surface area contributed by atoms with Crippen LogP contribution in [0.5, 0.6) is 0 Å². The number of aromatic nitrogens is 3. The molecule has 1 aromatic heterocycles. The number of benzene rings is 2. The molecule has 0 saturated heterocycles. The van der Waals surface area contributed by atoms with E-state index in [0.717, 1.165) is 17.8 Å². The van der Waals surface area contributed by atoms with Gasteiger partial charge in [-0.2, -0.15) is 13.2 Å². The maximum Gasteiger partial charge on any atom is 0.417 e. The van der Waals surface area contributed by atoms with Crippen LogP contribution < -0.4 is 5.32 Å². The molecule has 1 amide bonds. The monoisotopic (exact) mass is 392 g/mol. The lowest BCUT2D eigenvalue weighted by Crippen LogP contribution is -2.27. The highest BCUT2D eigenvalue weighted by Gasteiger charge is 2.34. The maximum atomic E-state index is 13.1. The van der Waals surface area contributed by atoms with Crippen LogP contribution in [0, 0.1) is 0 Å². The minimum Gasteiger partial charge on any atom is -0.345 e. The molecule has 0 bridgehead atoms. The molecule has 0 saturated carbocycles. The standard InChI is InChI=1S/C18H15F3N4OS/c1-27-17-24-23-15(25(17)12-7-3-2-4-8-12)11-22-16(26)13-9-5-6-10-14(13)18(19,20)21/h2-10H,11H2,1H3,(H,22,26). The molecule has 27 heavy (non-hydrogen) atoms. The largest absolute Gasteiger partial charge is 0.417 e. The summed E-state index contributed by atoms with van der Waals surface area (Å²) in [5.74, 6) is -0.403. The minimum absolute atomic E-state index is 0.0620. The summed E-state index contributed by atoms with van der Waals surface area (Å²) >= 11 is 1.38. The van der Waals surface area contributed by atoms with Crippen molar-refractivity contribution < 1.29 is 18.0 Å². The van der Waals surface area contributed by atoms with Gasteiger partial charge in [0.15, 0.2) is 11.0 Å². The summed E-state index contributed by atoms with van der Waals surface area (Å²) in [5.41, 5.74) is -0.607. The Kier molecular flexibility index (Phi) is 5.50. The highest BCUT2D eigenvalue weighted by Crippen LogP contribution is 2.31. The number of carbonyl (C=O) groups excluding carboxylic acids is 1. The van der Waals surface area contributed by atoms with Gasteiger partial charge in [-0.1, -0.05) is 42.1 Å². The number of nitrogens with one attached hydrogen (secondary N) is 1. The molecule has 0 spiro atoms. The number of rotatable bonds is 5. The molecule has 0 aliphatic carbocycles. The van der Waals surface area contributed by atoms with Crippen LogP contribution in [0.15, 0.2) is 59.8 Å². The quantitative estimate of drug-likeness (QED) is 0.669. The van der Waals surface area contributed by atoms with Crippen molar-refractivity contribution in [3.8, 4) is 5.69 Å². The highest BCUT2D eigenvalue weighted by atomic mass is 32.2. The lowest BCUT2D eigenvalue weighted by Gasteiger charge is -2.13. The van der Waals surface area contributed by atoms with Gasteiger partial charge >= 0.3 is 6.18 Å². The van der Waals surface area contributed by atoms with Crippen LogP contribution >= 0.6 is 11.8 Å². The third kappa shape index (κ3) is 4.13. The Bertz CT molecular complexity index is 941. The van der Waals surface area contributed by atoms with Crippen LogP contribution in [0.25, 0.3) is 5.69 Å². The summed E-state index contributed by atoms with van der Waals surface area (Å²) < 4.78 is 41.0. The second-order valence-corrected chi connectivity index (χ2v) is 6.27. The van der Waals surface area contributed by atoms with Crippen LogP contribution in [0.1, 0.15) is 21.7 Å². The molecular formula is C18H15F3N4OS. The third-order valence-electron chi connectivity index (χ3n) is 3.78. The second-order valence-electron chi connectivity index (χ2n) is 5.50. The molecule has 1 heterocycles. The van der Waals surface area contributed by atoms with Gasteiger partial charge in [0.2, 0.25) is 0 Å². The van der Waals surface area contributed by atoms with Crippen LogP contribution in [-0.4, -0.2) is 26.9 Å². The van der Waals surface area contributed by atoms with Gasteiger partial charge in [0.1, 0.15) is 0 Å². The number of para-hydroxylation sites is 1. The Morgan fingerprint density at radius 2 is 1.74 bits per heavy atom. The van der Waals surface area contributed by atoms with Crippen LogP contribution in [0.3, 0.4) is 0 Å². The van der Waals surface area contributed by atoms with Crippen molar-refractivity contribution >= 4 is 17.7 Å². The van der Waals surface area contributed by atoms with Crippen molar-refractivity contribution in [1.29, 1.82) is 0 Å². The lowest BCUT2D eigenvalue weighted by atomic mass is 10.1. The first kappa shape index (κ1) is 19.0. The summed E-state index contributed by atoms with van der Waals surface area (Å²) in [6.07, 6.45) is -2.77. The molecule has 0 aliphatic rings. The van der Waals surface area contributed by atoms with Gasteiger partial charge in [-0.05, 0) is 30.5 Å². The first-order valence-corrected chi connectivity index (χ1v) is 9.12. The number of amides is 1. The van der Waals surface area contributed by atoms with E-state index in [2.05, 4.69) is 15.5 Å². The van der Waals surface area contributed by atoms with Crippen molar-refractivity contribution in [2.24, 2.45) is 0 Å². The zero-order chi connectivity index (χ0) is 19.4. The van der Waals surface area contributed by atoms with Crippen LogP contribution in [0.2, 0.25) is 0 Å². The second kappa shape index (κ2) is 7.83. The Hall–Kier alpha value is -2.81. The zero-order valence-electron chi connectivity index (χ0n) is 14.2. The first-order valence-electron chi connectivity index (χ1n) is 7.90. The fourth-order valence-corrected chi connectivity index (χ4v) is 3.08. The Labute approximate surface area is 157 Å². The molecule has 0 fully saturated rings. The number of thioether (sulfide) groups is 1. The molecule has 3 aromatic rings. The average Bonchev–Trinajstić information content (AvgIpc) is 3.09. The molecule has 3 rings (SSSR count). The van der Waals surface area contributed by atoms with E-state index in [1.54, 1.807) is 4.57 Å². The van der Waals surface area contributed by atoms with E-state index in [1.165, 1.54) is 23.9 Å². The number of alkyl halides is 3. The van der Waals surface area contributed by atoms with Crippen molar-refractivity contribution in [3.63, 3.8) is 0 Å². The van der Waals surface area contributed by atoms with E-state index in [0.29, 0.717) is 11.0 Å². The smallest absolute Gasteiger partial charge is 0.345 e. The molecule has 0 aliphatic heterocycles. The number of hydrogen-bond acceptors (Lipinski definition) is 4. The maximum absolute atomic E-state index is 13.1. The Balaban J connectivity index is 1.85. The SMILES string of the molecule is CSc1nnc(CNC(=O)c2ccccc2C(F)(F)F)n1-c1ccccc1. The fraction of sp³-hybridized carbons (Fsp3) is 0.167. The predicted octanol–water partition coefficient (Wildman–Crippen LogP) is 3.94. The van der Waals surface area contributed by atoms with Gasteiger partial charge < -0.3 is 5.32 Å². The number of nitrogens with zero attached hydrogens (tertiary/aromatic N) is 3. The summed E-state index contributed by atoms with van der Waals surface area (Å²) in [6.45, 7) is -0.0620. The highest BCUT2D eigenvalue weighted by molar-refractivity contribution is 7.98. The van der Waals surface area contributed by atoms with E-state index >= 15 is 0 Å². The number of halogens is 3. The van der Waals surface area contributed by atoms with Gasteiger partial charge in [-0.25, -0.2) is 0 Å². The Morgan fingerprint density at radius 3 is 2.41 bits per heavy atom. The van der Waals surface area contributed by atoms with Gasteiger partial charge in [0, 0.05) is 5.69 Å². The molecule has 0 unspecified atom stereocenters. The van der Waals surface area contributed by atoms with E-state index in [1.807, 2.05) is 36.6 Å². The van der Waals surface area contributed by atoms with Crippen LogP contribution in [0.4, 0.5) is 13.2 Å². The van der Waals surface area contributed by atoms with E-state index in [9.17, 15) is 18.0 Å². The van der Waals surface area contributed by atoms with Crippen molar-refractivity contribution in [3.05, 3.63) is 71.5 Å². The van der Waals surface area contributed by atoms with Gasteiger partial charge in [0.05, 0.1) is 17.7 Å². The average molecular weight is 392 g/mol.